The normalized spacial score (nSPS) is 25.8. The molecular formula is C21H27N3O3. The lowest BCUT2D eigenvalue weighted by molar-refractivity contribution is -0.133. The second-order valence-electron chi connectivity index (χ2n) is 7.58. The van der Waals surface area contributed by atoms with Gasteiger partial charge in [-0.25, -0.2) is 0 Å². The van der Waals surface area contributed by atoms with E-state index in [0.717, 1.165) is 36.0 Å². The Morgan fingerprint density at radius 3 is 3.11 bits per heavy atom. The molecule has 27 heavy (non-hydrogen) atoms. The van der Waals surface area contributed by atoms with Gasteiger partial charge in [-0.05, 0) is 25.0 Å². The van der Waals surface area contributed by atoms with Gasteiger partial charge in [0.1, 0.15) is 5.60 Å². The van der Waals surface area contributed by atoms with Gasteiger partial charge >= 0.3 is 0 Å². The van der Waals surface area contributed by atoms with E-state index in [1.807, 2.05) is 23.1 Å². The molecule has 0 bridgehead atoms. The number of ether oxygens (including phenoxy) is 2. The second kappa shape index (κ2) is 7.92. The first-order chi connectivity index (χ1) is 13.1. The number of para-hydroxylation sites is 1. The third-order valence-corrected chi connectivity index (χ3v) is 5.47. The Bertz CT molecular complexity index is 812. The number of nitrogens with zero attached hydrogens (tertiary/aromatic N) is 2. The van der Waals surface area contributed by atoms with Crippen molar-refractivity contribution < 1.29 is 14.3 Å². The van der Waals surface area contributed by atoms with Gasteiger partial charge in [0.05, 0.1) is 37.1 Å². The van der Waals surface area contributed by atoms with Crippen LogP contribution in [-0.4, -0.2) is 60.3 Å². The number of fused-ring (bicyclic) bond motifs is 1. The van der Waals surface area contributed by atoms with Crippen molar-refractivity contribution in [3.05, 3.63) is 42.1 Å². The molecule has 1 aromatic carbocycles. The summed E-state index contributed by atoms with van der Waals surface area (Å²) in [7, 11) is 0. The van der Waals surface area contributed by atoms with Crippen molar-refractivity contribution in [1.29, 1.82) is 0 Å². The highest BCUT2D eigenvalue weighted by Gasteiger charge is 2.43. The van der Waals surface area contributed by atoms with Crippen LogP contribution in [-0.2, 0) is 20.8 Å². The summed E-state index contributed by atoms with van der Waals surface area (Å²) in [5, 5.41) is 4.63. The van der Waals surface area contributed by atoms with Crippen molar-refractivity contribution in [3.8, 4) is 0 Å². The number of rotatable bonds is 4. The number of hydrogen-bond donors (Lipinski definition) is 1. The Hall–Kier alpha value is -2.02. The van der Waals surface area contributed by atoms with Crippen LogP contribution in [0, 0.1) is 0 Å². The molecule has 0 unspecified atom stereocenters. The van der Waals surface area contributed by atoms with Crippen LogP contribution in [0.4, 0.5) is 0 Å². The number of pyridine rings is 1. The van der Waals surface area contributed by atoms with Crippen LogP contribution in [0.1, 0.15) is 25.5 Å². The smallest absolute Gasteiger partial charge is 0.219 e. The number of hydrogen-bond acceptors (Lipinski definition) is 5. The highest BCUT2D eigenvalue weighted by Crippen LogP contribution is 2.32. The van der Waals surface area contributed by atoms with E-state index in [0.29, 0.717) is 32.8 Å². The zero-order valence-corrected chi connectivity index (χ0v) is 15.8. The molecule has 2 atom stereocenters. The molecule has 0 radical (unpaired) electrons. The van der Waals surface area contributed by atoms with Gasteiger partial charge in [-0.15, -0.1) is 0 Å². The third kappa shape index (κ3) is 4.29. The van der Waals surface area contributed by atoms with E-state index in [1.165, 1.54) is 0 Å². The van der Waals surface area contributed by atoms with Crippen molar-refractivity contribution in [2.24, 2.45) is 0 Å². The lowest BCUT2D eigenvalue weighted by Gasteiger charge is -2.31. The first-order valence-corrected chi connectivity index (χ1v) is 9.70. The molecule has 0 saturated carbocycles. The molecule has 2 saturated heterocycles. The predicted molar refractivity (Wildman–Crippen MR) is 103 cm³/mol. The van der Waals surface area contributed by atoms with E-state index in [1.54, 1.807) is 6.92 Å². The molecule has 2 fully saturated rings. The summed E-state index contributed by atoms with van der Waals surface area (Å²) in [4.78, 5) is 18.3. The predicted octanol–water partition coefficient (Wildman–Crippen LogP) is 2.12. The maximum Gasteiger partial charge on any atom is 0.219 e. The first kappa shape index (κ1) is 18.3. The molecule has 1 amide bonds. The fraction of sp³-hybridized carbons (Fsp3) is 0.524. The van der Waals surface area contributed by atoms with E-state index >= 15 is 0 Å². The summed E-state index contributed by atoms with van der Waals surface area (Å²) in [5.74, 6) is 0.0902. The van der Waals surface area contributed by atoms with Crippen LogP contribution in [0.2, 0.25) is 0 Å². The Balaban J connectivity index is 1.31. The lowest BCUT2D eigenvalue weighted by Crippen LogP contribution is -2.46. The molecule has 0 aliphatic carbocycles. The van der Waals surface area contributed by atoms with Crippen LogP contribution < -0.4 is 5.32 Å². The highest BCUT2D eigenvalue weighted by atomic mass is 16.6. The minimum absolute atomic E-state index is 0.0902. The summed E-state index contributed by atoms with van der Waals surface area (Å²) in [6, 6.07) is 12.3. The van der Waals surface area contributed by atoms with E-state index in [4.69, 9.17) is 14.5 Å². The molecule has 1 spiro atoms. The molecule has 2 aromatic rings. The van der Waals surface area contributed by atoms with Gasteiger partial charge in [0, 0.05) is 31.9 Å². The molecule has 6 nitrogen and oxygen atoms in total. The summed E-state index contributed by atoms with van der Waals surface area (Å²) < 4.78 is 12.1. The Kier molecular flexibility index (Phi) is 5.38. The molecule has 4 rings (SSSR count). The van der Waals surface area contributed by atoms with Gasteiger partial charge in [0.25, 0.3) is 0 Å². The SMILES string of the molecule is CC(=O)N1CCOC[C@]2(CC[C@@H](CNCc3ccc4ccccc4n3)O2)C1. The van der Waals surface area contributed by atoms with E-state index < -0.39 is 0 Å². The van der Waals surface area contributed by atoms with Crippen LogP contribution in [0.25, 0.3) is 10.9 Å². The fourth-order valence-electron chi connectivity index (χ4n) is 4.00. The van der Waals surface area contributed by atoms with Gasteiger partial charge < -0.3 is 19.7 Å². The summed E-state index contributed by atoms with van der Waals surface area (Å²) in [6.45, 7) is 5.54. The number of aromatic nitrogens is 1. The van der Waals surface area contributed by atoms with Crippen molar-refractivity contribution in [2.75, 3.05) is 32.8 Å². The van der Waals surface area contributed by atoms with Gasteiger partial charge in [-0.2, -0.15) is 0 Å². The molecule has 2 aliphatic heterocycles. The molecule has 2 aliphatic rings. The topological polar surface area (TPSA) is 63.7 Å². The van der Waals surface area contributed by atoms with Gasteiger partial charge in [-0.1, -0.05) is 24.3 Å². The molecule has 3 heterocycles. The molecule has 1 aromatic heterocycles. The minimum atomic E-state index is -0.351. The average Bonchev–Trinajstić information content (AvgIpc) is 2.93. The summed E-state index contributed by atoms with van der Waals surface area (Å²) >= 11 is 0. The number of nitrogens with one attached hydrogen (secondary N) is 1. The number of amides is 1. The van der Waals surface area contributed by atoms with Crippen LogP contribution in [0.5, 0.6) is 0 Å². The van der Waals surface area contributed by atoms with Gasteiger partial charge in [0.2, 0.25) is 5.91 Å². The monoisotopic (exact) mass is 369 g/mol. The lowest BCUT2D eigenvalue weighted by atomic mass is 10.00. The molecule has 1 N–H and O–H groups in total. The van der Waals surface area contributed by atoms with Crippen molar-refractivity contribution in [3.63, 3.8) is 0 Å². The van der Waals surface area contributed by atoms with Crippen molar-refractivity contribution >= 4 is 16.8 Å². The number of benzene rings is 1. The van der Waals surface area contributed by atoms with E-state index in [-0.39, 0.29) is 17.6 Å². The molecule has 6 heteroatoms. The zero-order valence-electron chi connectivity index (χ0n) is 15.8. The Morgan fingerprint density at radius 1 is 1.33 bits per heavy atom. The quantitative estimate of drug-likeness (QED) is 0.894. The van der Waals surface area contributed by atoms with E-state index in [2.05, 4.69) is 23.5 Å². The molecular weight excluding hydrogens is 342 g/mol. The maximum absolute atomic E-state index is 11.8. The minimum Gasteiger partial charge on any atom is -0.377 e. The summed E-state index contributed by atoms with van der Waals surface area (Å²) in [6.07, 6.45) is 2.05. The third-order valence-electron chi connectivity index (χ3n) is 5.47. The number of carbonyl (C=O) groups excluding carboxylic acids is 1. The largest absolute Gasteiger partial charge is 0.377 e. The fourth-order valence-corrected chi connectivity index (χ4v) is 4.00. The van der Waals surface area contributed by atoms with Crippen LogP contribution >= 0.6 is 0 Å². The van der Waals surface area contributed by atoms with Crippen LogP contribution in [0.15, 0.2) is 36.4 Å². The van der Waals surface area contributed by atoms with E-state index in [9.17, 15) is 4.79 Å². The van der Waals surface area contributed by atoms with Crippen LogP contribution in [0.3, 0.4) is 0 Å². The average molecular weight is 369 g/mol. The van der Waals surface area contributed by atoms with Gasteiger partial charge in [0.15, 0.2) is 0 Å². The molecule has 144 valence electrons. The Labute approximate surface area is 159 Å². The first-order valence-electron chi connectivity index (χ1n) is 9.70. The second-order valence-corrected chi connectivity index (χ2v) is 7.58. The Morgan fingerprint density at radius 2 is 2.22 bits per heavy atom. The van der Waals surface area contributed by atoms with Crippen molar-refractivity contribution in [1.82, 2.24) is 15.2 Å². The maximum atomic E-state index is 11.8. The van der Waals surface area contributed by atoms with Gasteiger partial charge in [-0.3, -0.25) is 9.78 Å². The number of carbonyl (C=O) groups is 1. The highest BCUT2D eigenvalue weighted by molar-refractivity contribution is 5.78. The standard InChI is InChI=1S/C21H27N3O3/c1-16(25)24-10-11-26-15-21(14-24)9-8-19(27-21)13-22-12-18-7-6-17-4-2-3-5-20(17)23-18/h2-7,19,22H,8-15H2,1H3/t19-,21-/m0/s1. The zero-order chi connectivity index (χ0) is 18.7. The summed E-state index contributed by atoms with van der Waals surface area (Å²) in [5.41, 5.74) is 1.70. The van der Waals surface area contributed by atoms with Crippen molar-refractivity contribution in [2.45, 2.75) is 38.0 Å².